The van der Waals surface area contributed by atoms with Crippen molar-refractivity contribution in [3.8, 4) is 0 Å². The summed E-state index contributed by atoms with van der Waals surface area (Å²) >= 11 is 0. The highest BCUT2D eigenvalue weighted by molar-refractivity contribution is 5.27. The smallest absolute Gasteiger partial charge is 0.000473 e. The molecular weight excluding hydrogens is 168 g/mol. The van der Waals surface area contributed by atoms with Crippen LogP contribution in [0.15, 0.2) is 54.1 Å². The van der Waals surface area contributed by atoms with Gasteiger partial charge in [-0.2, -0.15) is 0 Å². The molecular formula is C14H18. The summed E-state index contributed by atoms with van der Waals surface area (Å²) in [6.07, 6.45) is 6.50. The first kappa shape index (κ1) is 10.8. The largest absolute Gasteiger partial charge is 0.0874 e. The minimum absolute atomic E-state index is 0.493. The van der Waals surface area contributed by atoms with E-state index < -0.39 is 0 Å². The quantitative estimate of drug-likeness (QED) is 0.617. The van der Waals surface area contributed by atoms with Crippen molar-refractivity contribution in [1.29, 1.82) is 0 Å². The van der Waals surface area contributed by atoms with Crippen molar-refractivity contribution in [2.24, 2.45) is 0 Å². The summed E-state index contributed by atoms with van der Waals surface area (Å²) < 4.78 is 0. The molecule has 74 valence electrons. The van der Waals surface area contributed by atoms with Gasteiger partial charge in [0.05, 0.1) is 0 Å². The van der Waals surface area contributed by atoms with Crippen LogP contribution in [0.3, 0.4) is 0 Å². The third-order valence-electron chi connectivity index (χ3n) is 2.27. The van der Waals surface area contributed by atoms with Gasteiger partial charge in [-0.15, -0.1) is 0 Å². The first-order valence-corrected chi connectivity index (χ1v) is 5.10. The lowest BCUT2D eigenvalue weighted by atomic mass is 9.99. The van der Waals surface area contributed by atoms with Crippen molar-refractivity contribution in [1.82, 2.24) is 0 Å². The van der Waals surface area contributed by atoms with Gasteiger partial charge in [0.25, 0.3) is 0 Å². The van der Waals surface area contributed by atoms with Gasteiger partial charge in [-0.05, 0) is 25.3 Å². The van der Waals surface area contributed by atoms with Crippen LogP contribution >= 0.6 is 0 Å². The third-order valence-corrected chi connectivity index (χ3v) is 2.27. The fraction of sp³-hybridized carbons (Fsp3) is 0.286. The van der Waals surface area contributed by atoms with Crippen LogP contribution in [0, 0.1) is 0 Å². The molecule has 0 aromatic heterocycles. The molecule has 1 atom stereocenters. The van der Waals surface area contributed by atoms with Gasteiger partial charge in [-0.25, -0.2) is 0 Å². The zero-order valence-electron chi connectivity index (χ0n) is 9.20. The first-order valence-electron chi connectivity index (χ1n) is 5.10. The molecule has 0 bridgehead atoms. The van der Waals surface area contributed by atoms with E-state index in [9.17, 15) is 0 Å². The molecule has 0 aliphatic carbocycles. The van der Waals surface area contributed by atoms with Crippen molar-refractivity contribution >= 4 is 0 Å². The molecule has 0 nitrogen and oxygen atoms in total. The number of rotatable bonds is 3. The molecule has 1 unspecified atom stereocenters. The molecule has 0 N–H and O–H groups in total. The Morgan fingerprint density at radius 2 is 1.86 bits per heavy atom. The van der Waals surface area contributed by atoms with Crippen LogP contribution in [0.25, 0.3) is 0 Å². The minimum Gasteiger partial charge on any atom is -0.0874 e. The molecule has 0 fully saturated rings. The molecule has 1 rings (SSSR count). The van der Waals surface area contributed by atoms with E-state index in [4.69, 9.17) is 0 Å². The van der Waals surface area contributed by atoms with E-state index in [0.717, 1.165) is 0 Å². The van der Waals surface area contributed by atoms with Crippen molar-refractivity contribution in [2.75, 3.05) is 0 Å². The van der Waals surface area contributed by atoms with E-state index in [0.29, 0.717) is 5.92 Å². The summed E-state index contributed by atoms with van der Waals surface area (Å²) in [4.78, 5) is 0. The van der Waals surface area contributed by atoms with Crippen LogP contribution in [0.2, 0.25) is 0 Å². The normalized spacial score (nSPS) is 14.6. The fourth-order valence-electron chi connectivity index (χ4n) is 1.57. The maximum absolute atomic E-state index is 2.29. The van der Waals surface area contributed by atoms with Crippen LogP contribution in [0.4, 0.5) is 0 Å². The molecule has 0 heterocycles. The van der Waals surface area contributed by atoms with Gasteiger partial charge in [0.1, 0.15) is 0 Å². The second-order valence-electron chi connectivity index (χ2n) is 3.61. The van der Waals surface area contributed by atoms with Crippen molar-refractivity contribution in [2.45, 2.75) is 26.7 Å². The number of hydrogen-bond acceptors (Lipinski definition) is 0. The minimum atomic E-state index is 0.493. The average molecular weight is 186 g/mol. The van der Waals surface area contributed by atoms with E-state index >= 15 is 0 Å². The molecule has 0 amide bonds. The van der Waals surface area contributed by atoms with Crippen LogP contribution in [0.5, 0.6) is 0 Å². The molecule has 0 saturated heterocycles. The number of benzene rings is 1. The van der Waals surface area contributed by atoms with Crippen LogP contribution in [0.1, 0.15) is 32.3 Å². The molecule has 0 heteroatoms. The van der Waals surface area contributed by atoms with Crippen LogP contribution < -0.4 is 0 Å². The molecule has 0 radical (unpaired) electrons. The molecule has 1 aromatic rings. The van der Waals surface area contributed by atoms with E-state index in [2.05, 4.69) is 62.4 Å². The van der Waals surface area contributed by atoms with Gasteiger partial charge in [0.15, 0.2) is 0 Å². The zero-order valence-corrected chi connectivity index (χ0v) is 9.20. The average Bonchev–Trinajstić information content (AvgIpc) is 2.19. The Morgan fingerprint density at radius 3 is 2.43 bits per heavy atom. The van der Waals surface area contributed by atoms with Crippen molar-refractivity contribution in [3.63, 3.8) is 0 Å². The number of hydrogen-bond donors (Lipinski definition) is 0. The van der Waals surface area contributed by atoms with Crippen molar-refractivity contribution < 1.29 is 0 Å². The van der Waals surface area contributed by atoms with Gasteiger partial charge in [0, 0.05) is 0 Å². The van der Waals surface area contributed by atoms with Gasteiger partial charge in [0.2, 0.25) is 0 Å². The summed E-state index contributed by atoms with van der Waals surface area (Å²) in [6, 6.07) is 10.6. The Morgan fingerprint density at radius 1 is 1.21 bits per heavy atom. The Kier molecular flexibility index (Phi) is 4.18. The first-order chi connectivity index (χ1) is 6.74. The lowest BCUT2D eigenvalue weighted by Crippen LogP contribution is -1.88. The Balaban J connectivity index is 2.77. The van der Waals surface area contributed by atoms with E-state index in [1.807, 2.05) is 6.92 Å². The monoisotopic (exact) mass is 186 g/mol. The highest BCUT2D eigenvalue weighted by Gasteiger charge is 1.99. The van der Waals surface area contributed by atoms with Gasteiger partial charge in [-0.3, -0.25) is 0 Å². The maximum Gasteiger partial charge on any atom is -0.000473 e. The Labute approximate surface area is 87.0 Å². The second-order valence-corrected chi connectivity index (χ2v) is 3.61. The predicted octanol–water partition coefficient (Wildman–Crippen LogP) is 4.31. The molecule has 0 aliphatic heterocycles. The molecule has 0 saturated carbocycles. The van der Waals surface area contributed by atoms with E-state index in [1.165, 1.54) is 11.1 Å². The SMILES string of the molecule is C/C=C\C(C)=C\C(C)c1ccccc1. The summed E-state index contributed by atoms with van der Waals surface area (Å²) in [6.45, 7) is 6.41. The van der Waals surface area contributed by atoms with Gasteiger partial charge in [-0.1, -0.05) is 61.1 Å². The Bertz CT molecular complexity index is 317. The second kappa shape index (κ2) is 5.43. The molecule has 14 heavy (non-hydrogen) atoms. The summed E-state index contributed by atoms with van der Waals surface area (Å²) in [5.74, 6) is 0.493. The zero-order chi connectivity index (χ0) is 10.4. The van der Waals surface area contributed by atoms with Crippen molar-refractivity contribution in [3.05, 3.63) is 59.7 Å². The predicted molar refractivity (Wildman–Crippen MR) is 63.4 cm³/mol. The summed E-state index contributed by atoms with van der Waals surface area (Å²) in [5.41, 5.74) is 2.69. The fourth-order valence-corrected chi connectivity index (χ4v) is 1.57. The highest BCUT2D eigenvalue weighted by atomic mass is 14.0. The topological polar surface area (TPSA) is 0 Å². The van der Waals surface area contributed by atoms with E-state index in [1.54, 1.807) is 0 Å². The molecule has 1 aromatic carbocycles. The lowest BCUT2D eigenvalue weighted by Gasteiger charge is -2.06. The standard InChI is InChI=1S/C14H18/c1-4-8-12(2)11-13(3)14-9-6-5-7-10-14/h4-11,13H,1-3H3/b8-4-,12-11+. The third kappa shape index (κ3) is 3.21. The highest BCUT2D eigenvalue weighted by Crippen LogP contribution is 2.17. The number of allylic oxidation sites excluding steroid dienone is 4. The maximum atomic E-state index is 2.29. The van der Waals surface area contributed by atoms with Gasteiger partial charge >= 0.3 is 0 Å². The van der Waals surface area contributed by atoms with Crippen LogP contribution in [-0.4, -0.2) is 0 Å². The molecule has 0 aliphatic rings. The molecule has 0 spiro atoms. The summed E-state index contributed by atoms with van der Waals surface area (Å²) in [7, 11) is 0. The lowest BCUT2D eigenvalue weighted by molar-refractivity contribution is 0.958. The Hall–Kier alpha value is -1.30. The van der Waals surface area contributed by atoms with Crippen LogP contribution in [-0.2, 0) is 0 Å². The summed E-state index contributed by atoms with van der Waals surface area (Å²) in [5, 5.41) is 0. The van der Waals surface area contributed by atoms with E-state index in [-0.39, 0.29) is 0 Å². The van der Waals surface area contributed by atoms with Gasteiger partial charge < -0.3 is 0 Å².